The Morgan fingerprint density at radius 1 is 1.43 bits per heavy atom. The van der Waals surface area contributed by atoms with E-state index >= 15 is 0 Å². The number of nitrogens with zero attached hydrogens (tertiary/aromatic N) is 3. The second-order valence-electron chi connectivity index (χ2n) is 5.13. The molecule has 0 aliphatic rings. The molecule has 7 heteroatoms. The molecule has 0 saturated carbocycles. The molecule has 118 valence electrons. The van der Waals surface area contributed by atoms with Gasteiger partial charge in [0, 0.05) is 38.1 Å². The third-order valence-corrected chi connectivity index (χ3v) is 3.52. The fourth-order valence-corrected chi connectivity index (χ4v) is 2.44. The van der Waals surface area contributed by atoms with Crippen LogP contribution in [0.25, 0.3) is 17.1 Å². The van der Waals surface area contributed by atoms with Crippen molar-refractivity contribution in [3.63, 3.8) is 0 Å². The zero-order valence-corrected chi connectivity index (χ0v) is 13.2. The van der Waals surface area contributed by atoms with Crippen molar-refractivity contribution in [1.82, 2.24) is 14.3 Å². The predicted octanol–water partition coefficient (Wildman–Crippen LogP) is 3.64. The van der Waals surface area contributed by atoms with E-state index in [4.69, 9.17) is 16.0 Å². The summed E-state index contributed by atoms with van der Waals surface area (Å²) < 4.78 is 20.1. The fraction of sp³-hybridized carbons (Fsp3) is 0.125. The average molecular weight is 334 g/mol. The van der Waals surface area contributed by atoms with Gasteiger partial charge in [0.1, 0.15) is 23.5 Å². The number of allylic oxidation sites excluding steroid dienone is 1. The van der Waals surface area contributed by atoms with Crippen LogP contribution >= 0.6 is 11.6 Å². The van der Waals surface area contributed by atoms with Crippen LogP contribution in [0.4, 0.5) is 4.39 Å². The lowest BCUT2D eigenvalue weighted by atomic mass is 10.1. The Morgan fingerprint density at radius 2 is 2.22 bits per heavy atom. The van der Waals surface area contributed by atoms with E-state index in [0.29, 0.717) is 17.0 Å². The normalized spacial score (nSPS) is 11.5. The van der Waals surface area contributed by atoms with Gasteiger partial charge in [0.2, 0.25) is 5.78 Å². The van der Waals surface area contributed by atoms with Gasteiger partial charge in [-0.2, -0.15) is 4.98 Å². The summed E-state index contributed by atoms with van der Waals surface area (Å²) in [5.41, 5.74) is 1.12. The molecule has 3 rings (SSSR count). The van der Waals surface area contributed by atoms with Gasteiger partial charge in [-0.05, 0) is 18.2 Å². The maximum absolute atomic E-state index is 13.3. The molecule has 0 unspecified atom stereocenters. The lowest BCUT2D eigenvalue weighted by Crippen LogP contribution is -2.05. The SMILES string of the molecule is CN(C)C=CC(=O)c1c(-c2ccc(F)cc2Cl)nc2occn12. The minimum Gasteiger partial charge on any atom is -0.432 e. The highest BCUT2D eigenvalue weighted by Gasteiger charge is 2.22. The van der Waals surface area contributed by atoms with Crippen molar-refractivity contribution in [2.24, 2.45) is 0 Å². The standard InChI is InChI=1S/C16H13ClFN3O2/c1-20(2)6-5-13(22)15-14(19-16-21(15)7-8-23-16)11-4-3-10(18)9-12(11)17/h3-9H,1-2H3. The molecule has 0 aliphatic carbocycles. The maximum Gasteiger partial charge on any atom is 0.306 e. The third kappa shape index (κ3) is 2.85. The molecule has 0 radical (unpaired) electrons. The van der Waals surface area contributed by atoms with Gasteiger partial charge in [-0.1, -0.05) is 11.6 Å². The number of carbonyl (C=O) groups excluding carboxylic acids is 1. The monoisotopic (exact) mass is 333 g/mol. The number of carbonyl (C=O) groups is 1. The number of oxazole rings is 1. The molecule has 2 heterocycles. The molecule has 0 atom stereocenters. The Morgan fingerprint density at radius 3 is 2.91 bits per heavy atom. The van der Waals surface area contributed by atoms with Gasteiger partial charge in [-0.25, -0.2) is 4.39 Å². The number of rotatable bonds is 4. The highest BCUT2D eigenvalue weighted by molar-refractivity contribution is 6.33. The van der Waals surface area contributed by atoms with Crippen LogP contribution in [-0.2, 0) is 0 Å². The smallest absolute Gasteiger partial charge is 0.306 e. The van der Waals surface area contributed by atoms with E-state index in [9.17, 15) is 9.18 Å². The van der Waals surface area contributed by atoms with Crippen molar-refractivity contribution in [2.75, 3.05) is 14.1 Å². The number of ketones is 1. The van der Waals surface area contributed by atoms with Crippen molar-refractivity contribution < 1.29 is 13.6 Å². The first-order chi connectivity index (χ1) is 11.0. The molecule has 0 fully saturated rings. The summed E-state index contributed by atoms with van der Waals surface area (Å²) in [6.07, 6.45) is 6.10. The number of benzene rings is 1. The molecule has 5 nitrogen and oxygen atoms in total. The molecule has 0 amide bonds. The summed E-state index contributed by atoms with van der Waals surface area (Å²) in [6, 6.07) is 3.94. The first kappa shape index (κ1) is 15.3. The number of fused-ring (bicyclic) bond motifs is 1. The van der Waals surface area contributed by atoms with E-state index < -0.39 is 5.82 Å². The van der Waals surface area contributed by atoms with Gasteiger partial charge in [-0.3, -0.25) is 9.20 Å². The molecule has 0 N–H and O–H groups in total. The summed E-state index contributed by atoms with van der Waals surface area (Å²) in [5, 5.41) is 0.177. The Kier molecular flexibility index (Phi) is 3.92. The lowest BCUT2D eigenvalue weighted by molar-refractivity contribution is 0.104. The molecule has 1 aromatic carbocycles. The molecule has 0 aliphatic heterocycles. The first-order valence-corrected chi connectivity index (χ1v) is 7.15. The van der Waals surface area contributed by atoms with Crippen LogP contribution < -0.4 is 0 Å². The quantitative estimate of drug-likeness (QED) is 0.540. The summed E-state index contributed by atoms with van der Waals surface area (Å²) in [7, 11) is 3.62. The molecule has 23 heavy (non-hydrogen) atoms. The molecular weight excluding hydrogens is 321 g/mol. The van der Waals surface area contributed by atoms with E-state index in [1.165, 1.54) is 34.9 Å². The second kappa shape index (κ2) is 5.89. The molecule has 2 aromatic heterocycles. The molecule has 0 saturated heterocycles. The van der Waals surface area contributed by atoms with Gasteiger partial charge >= 0.3 is 5.84 Å². The first-order valence-electron chi connectivity index (χ1n) is 6.77. The molecule has 3 aromatic rings. The van der Waals surface area contributed by atoms with E-state index in [0.717, 1.165) is 0 Å². The van der Waals surface area contributed by atoms with Crippen LogP contribution in [0.2, 0.25) is 5.02 Å². The zero-order valence-electron chi connectivity index (χ0n) is 12.5. The molecule has 0 spiro atoms. The number of hydrogen-bond donors (Lipinski definition) is 0. The maximum atomic E-state index is 13.3. The molecular formula is C16H13ClFN3O2. The lowest BCUT2D eigenvalue weighted by Gasteiger charge is -2.05. The third-order valence-electron chi connectivity index (χ3n) is 3.21. The predicted molar refractivity (Wildman–Crippen MR) is 85.0 cm³/mol. The highest BCUT2D eigenvalue weighted by atomic mass is 35.5. The number of aromatic nitrogens is 2. The van der Waals surface area contributed by atoms with Crippen molar-refractivity contribution in [3.8, 4) is 11.3 Å². The van der Waals surface area contributed by atoms with Crippen molar-refractivity contribution in [3.05, 3.63) is 59.5 Å². The summed E-state index contributed by atoms with van der Waals surface area (Å²) in [5.74, 6) is -0.452. The van der Waals surface area contributed by atoms with Crippen LogP contribution in [0.15, 0.2) is 47.4 Å². The Labute approximate surface area is 136 Å². The topological polar surface area (TPSA) is 50.8 Å². The van der Waals surface area contributed by atoms with Crippen LogP contribution in [0.3, 0.4) is 0 Å². The number of imidazole rings is 1. The number of halogens is 2. The average Bonchev–Trinajstić information content (AvgIpc) is 3.05. The van der Waals surface area contributed by atoms with Gasteiger partial charge in [-0.15, -0.1) is 0 Å². The molecule has 0 bridgehead atoms. The fourth-order valence-electron chi connectivity index (χ4n) is 2.19. The van der Waals surface area contributed by atoms with E-state index in [1.54, 1.807) is 17.3 Å². The minimum absolute atomic E-state index is 0.177. The Hall–Kier alpha value is -2.60. The van der Waals surface area contributed by atoms with Gasteiger partial charge < -0.3 is 9.32 Å². The van der Waals surface area contributed by atoms with Crippen molar-refractivity contribution in [1.29, 1.82) is 0 Å². The van der Waals surface area contributed by atoms with Crippen molar-refractivity contribution >= 4 is 23.2 Å². The van der Waals surface area contributed by atoms with Gasteiger partial charge in [0.05, 0.1) is 5.02 Å². The Bertz CT molecular complexity index is 911. The highest BCUT2D eigenvalue weighted by Crippen LogP contribution is 2.31. The van der Waals surface area contributed by atoms with Crippen LogP contribution in [0, 0.1) is 5.82 Å². The summed E-state index contributed by atoms with van der Waals surface area (Å²) >= 11 is 6.11. The van der Waals surface area contributed by atoms with E-state index in [2.05, 4.69) is 4.98 Å². The zero-order chi connectivity index (χ0) is 16.6. The van der Waals surface area contributed by atoms with E-state index in [1.807, 2.05) is 14.1 Å². The number of hydrogen-bond acceptors (Lipinski definition) is 4. The Balaban J connectivity index is 2.19. The van der Waals surface area contributed by atoms with E-state index in [-0.39, 0.29) is 16.6 Å². The van der Waals surface area contributed by atoms with Crippen LogP contribution in [0.5, 0.6) is 0 Å². The van der Waals surface area contributed by atoms with Crippen LogP contribution in [-0.4, -0.2) is 34.2 Å². The second-order valence-corrected chi connectivity index (χ2v) is 5.54. The van der Waals surface area contributed by atoms with Gasteiger partial charge in [0.15, 0.2) is 0 Å². The minimum atomic E-state index is -0.456. The van der Waals surface area contributed by atoms with Crippen molar-refractivity contribution in [2.45, 2.75) is 0 Å². The van der Waals surface area contributed by atoms with Gasteiger partial charge in [0.25, 0.3) is 0 Å². The summed E-state index contributed by atoms with van der Waals surface area (Å²) in [4.78, 5) is 18.6. The largest absolute Gasteiger partial charge is 0.432 e. The van der Waals surface area contributed by atoms with Crippen LogP contribution in [0.1, 0.15) is 10.5 Å². The summed E-state index contributed by atoms with van der Waals surface area (Å²) in [6.45, 7) is 0.